The van der Waals surface area contributed by atoms with E-state index < -0.39 is 0 Å². The largest absolute Gasteiger partial charge is 0.393 e. The van der Waals surface area contributed by atoms with Crippen molar-refractivity contribution >= 4 is 0 Å². The maximum Gasteiger partial charge on any atom is 0.0603 e. The number of aliphatic hydroxyl groups excluding tert-OH is 1. The summed E-state index contributed by atoms with van der Waals surface area (Å²) in [6.45, 7) is 11.2. The number of hydrogen-bond acceptors (Lipinski definition) is 2. The van der Waals surface area contributed by atoms with Gasteiger partial charge < -0.3 is 10.4 Å². The lowest BCUT2D eigenvalue weighted by Crippen LogP contribution is -2.66. The fourth-order valence-electron chi connectivity index (χ4n) is 4.07. The fraction of sp³-hybridized carbons (Fsp3) is 1.00. The lowest BCUT2D eigenvalue weighted by atomic mass is 9.67. The molecule has 2 nitrogen and oxygen atoms in total. The number of piperidine rings is 1. The van der Waals surface area contributed by atoms with Crippen molar-refractivity contribution in [2.45, 2.75) is 90.3 Å². The van der Waals surface area contributed by atoms with Crippen LogP contribution in [0.1, 0.15) is 73.1 Å². The first-order valence-electron chi connectivity index (χ1n) is 7.38. The Kier molecular flexibility index (Phi) is 5.03. The Hall–Kier alpha value is -0.0800. The molecule has 102 valence electrons. The molecule has 2 heteroatoms. The summed E-state index contributed by atoms with van der Waals surface area (Å²) in [6.07, 6.45) is 6.48. The third-order valence-corrected chi connectivity index (χ3v) is 4.54. The molecule has 4 unspecified atom stereocenters. The molecule has 0 bridgehead atoms. The van der Waals surface area contributed by atoms with E-state index >= 15 is 0 Å². The highest BCUT2D eigenvalue weighted by molar-refractivity contribution is 5.05. The van der Waals surface area contributed by atoms with E-state index in [0.29, 0.717) is 5.92 Å². The molecule has 0 saturated carbocycles. The Morgan fingerprint density at radius 1 is 1.12 bits per heavy atom. The summed E-state index contributed by atoms with van der Waals surface area (Å²) in [6, 6.07) is 0. The summed E-state index contributed by atoms with van der Waals surface area (Å²) in [4.78, 5) is 0. The zero-order chi connectivity index (χ0) is 13.1. The molecule has 1 rings (SSSR count). The second kappa shape index (κ2) is 5.71. The van der Waals surface area contributed by atoms with Gasteiger partial charge in [0.25, 0.3) is 0 Å². The number of hydrogen-bond donors (Lipinski definition) is 2. The maximum atomic E-state index is 10.5. The summed E-state index contributed by atoms with van der Waals surface area (Å²) >= 11 is 0. The lowest BCUT2D eigenvalue weighted by Gasteiger charge is -2.53. The van der Waals surface area contributed by atoms with Crippen LogP contribution in [-0.4, -0.2) is 22.3 Å². The van der Waals surface area contributed by atoms with Crippen molar-refractivity contribution in [1.82, 2.24) is 5.32 Å². The summed E-state index contributed by atoms with van der Waals surface area (Å²) in [5, 5.41) is 14.3. The topological polar surface area (TPSA) is 32.3 Å². The van der Waals surface area contributed by atoms with Crippen LogP contribution in [0, 0.1) is 5.92 Å². The Bertz CT molecular complexity index is 243. The molecule has 0 aliphatic carbocycles. The molecule has 1 saturated heterocycles. The van der Waals surface area contributed by atoms with E-state index in [1.807, 2.05) is 0 Å². The summed E-state index contributed by atoms with van der Waals surface area (Å²) in [7, 11) is 0. The molecule has 0 aromatic heterocycles. The van der Waals surface area contributed by atoms with Gasteiger partial charge in [0.1, 0.15) is 0 Å². The van der Waals surface area contributed by atoms with Crippen LogP contribution in [0.5, 0.6) is 0 Å². The SMILES string of the molecule is CCCC1(C)CC(O)C(CC)C(C)(CCC)N1. The third-order valence-electron chi connectivity index (χ3n) is 4.54. The molecule has 0 aromatic carbocycles. The fourth-order valence-corrected chi connectivity index (χ4v) is 4.07. The molecule has 0 aromatic rings. The Balaban J connectivity index is 2.90. The molecule has 1 fully saturated rings. The van der Waals surface area contributed by atoms with E-state index in [9.17, 15) is 5.11 Å². The predicted octanol–water partition coefficient (Wildman–Crippen LogP) is 3.48. The zero-order valence-corrected chi connectivity index (χ0v) is 12.3. The van der Waals surface area contributed by atoms with Gasteiger partial charge in [-0.15, -0.1) is 0 Å². The van der Waals surface area contributed by atoms with Crippen LogP contribution in [0.2, 0.25) is 0 Å². The second-order valence-corrected chi connectivity index (χ2v) is 6.39. The maximum absolute atomic E-state index is 10.5. The van der Waals surface area contributed by atoms with Gasteiger partial charge in [-0.05, 0) is 39.5 Å². The van der Waals surface area contributed by atoms with Gasteiger partial charge in [-0.3, -0.25) is 0 Å². The van der Waals surface area contributed by atoms with Crippen molar-refractivity contribution in [3.05, 3.63) is 0 Å². The van der Waals surface area contributed by atoms with Crippen molar-refractivity contribution in [2.24, 2.45) is 5.92 Å². The van der Waals surface area contributed by atoms with Gasteiger partial charge in [0.2, 0.25) is 0 Å². The average Bonchev–Trinajstić information content (AvgIpc) is 2.16. The average molecular weight is 241 g/mol. The Morgan fingerprint density at radius 3 is 2.18 bits per heavy atom. The van der Waals surface area contributed by atoms with Gasteiger partial charge in [0, 0.05) is 17.0 Å². The van der Waals surface area contributed by atoms with Crippen molar-refractivity contribution in [3.8, 4) is 0 Å². The molecule has 1 aliphatic heterocycles. The first kappa shape index (κ1) is 15.0. The van der Waals surface area contributed by atoms with Gasteiger partial charge in [-0.1, -0.05) is 33.6 Å². The van der Waals surface area contributed by atoms with E-state index in [-0.39, 0.29) is 17.2 Å². The molecule has 1 heterocycles. The highest BCUT2D eigenvalue weighted by Crippen LogP contribution is 2.40. The van der Waals surface area contributed by atoms with Crippen LogP contribution in [0.3, 0.4) is 0 Å². The number of aliphatic hydroxyl groups is 1. The first-order chi connectivity index (χ1) is 7.90. The number of rotatable bonds is 5. The molecule has 0 spiro atoms. The van der Waals surface area contributed by atoms with E-state index in [1.54, 1.807) is 0 Å². The first-order valence-corrected chi connectivity index (χ1v) is 7.38. The van der Waals surface area contributed by atoms with Crippen LogP contribution in [0.15, 0.2) is 0 Å². The van der Waals surface area contributed by atoms with E-state index in [2.05, 4.69) is 39.9 Å². The Labute approximate surface area is 107 Å². The molecule has 0 radical (unpaired) electrons. The van der Waals surface area contributed by atoms with Crippen molar-refractivity contribution < 1.29 is 5.11 Å². The Morgan fingerprint density at radius 2 is 1.71 bits per heavy atom. The highest BCUT2D eigenvalue weighted by Gasteiger charge is 2.47. The molecular formula is C15H31NO. The normalized spacial score (nSPS) is 42.7. The van der Waals surface area contributed by atoms with Crippen LogP contribution < -0.4 is 5.32 Å². The zero-order valence-electron chi connectivity index (χ0n) is 12.3. The second-order valence-electron chi connectivity index (χ2n) is 6.39. The van der Waals surface area contributed by atoms with E-state index in [0.717, 1.165) is 25.7 Å². The summed E-state index contributed by atoms with van der Waals surface area (Å²) in [5.41, 5.74) is 0.217. The predicted molar refractivity (Wildman–Crippen MR) is 74.2 cm³/mol. The van der Waals surface area contributed by atoms with Crippen molar-refractivity contribution in [3.63, 3.8) is 0 Å². The molecule has 17 heavy (non-hydrogen) atoms. The van der Waals surface area contributed by atoms with Gasteiger partial charge in [0.05, 0.1) is 6.10 Å². The monoisotopic (exact) mass is 241 g/mol. The quantitative estimate of drug-likeness (QED) is 0.772. The van der Waals surface area contributed by atoms with Crippen molar-refractivity contribution in [2.75, 3.05) is 0 Å². The third kappa shape index (κ3) is 3.23. The minimum Gasteiger partial charge on any atom is -0.393 e. The highest BCUT2D eigenvalue weighted by atomic mass is 16.3. The van der Waals surface area contributed by atoms with Gasteiger partial charge in [-0.25, -0.2) is 0 Å². The standard InChI is InChI=1S/C15H31NO/c1-6-9-14(4)11-13(17)12(8-3)15(5,16-14)10-7-2/h12-13,16-17H,6-11H2,1-5H3. The molecular weight excluding hydrogens is 210 g/mol. The van der Waals surface area contributed by atoms with Crippen LogP contribution in [0.4, 0.5) is 0 Å². The molecule has 1 aliphatic rings. The van der Waals surface area contributed by atoms with Gasteiger partial charge in [0.15, 0.2) is 0 Å². The minimum absolute atomic E-state index is 0.102. The van der Waals surface area contributed by atoms with Crippen LogP contribution in [0.25, 0.3) is 0 Å². The minimum atomic E-state index is -0.144. The van der Waals surface area contributed by atoms with Gasteiger partial charge >= 0.3 is 0 Å². The summed E-state index contributed by atoms with van der Waals surface area (Å²) < 4.78 is 0. The van der Waals surface area contributed by atoms with Crippen LogP contribution >= 0.6 is 0 Å². The molecule has 2 N–H and O–H groups in total. The van der Waals surface area contributed by atoms with Crippen molar-refractivity contribution in [1.29, 1.82) is 0 Å². The van der Waals surface area contributed by atoms with Crippen LogP contribution in [-0.2, 0) is 0 Å². The van der Waals surface area contributed by atoms with E-state index in [1.165, 1.54) is 12.8 Å². The smallest absolute Gasteiger partial charge is 0.0603 e. The van der Waals surface area contributed by atoms with Gasteiger partial charge in [-0.2, -0.15) is 0 Å². The lowest BCUT2D eigenvalue weighted by molar-refractivity contribution is -0.0408. The number of nitrogens with one attached hydrogen (secondary N) is 1. The molecule has 4 atom stereocenters. The molecule has 0 amide bonds. The summed E-state index contributed by atoms with van der Waals surface area (Å²) in [5.74, 6) is 0.396. The van der Waals surface area contributed by atoms with E-state index in [4.69, 9.17) is 0 Å².